The van der Waals surface area contributed by atoms with Gasteiger partial charge in [-0.05, 0) is 29.5 Å². The summed E-state index contributed by atoms with van der Waals surface area (Å²) >= 11 is 0. The lowest BCUT2D eigenvalue weighted by molar-refractivity contribution is 0.406. The van der Waals surface area contributed by atoms with Crippen LogP contribution in [0.1, 0.15) is 24.7 Å². The van der Waals surface area contributed by atoms with Gasteiger partial charge in [-0.2, -0.15) is 0 Å². The number of aromatic nitrogens is 4. The van der Waals surface area contributed by atoms with Crippen molar-refractivity contribution in [3.05, 3.63) is 35.7 Å². The van der Waals surface area contributed by atoms with Crippen molar-refractivity contribution in [1.82, 2.24) is 25.5 Å². The molecule has 0 atom stereocenters. The Morgan fingerprint density at radius 2 is 2.16 bits per heavy atom. The van der Waals surface area contributed by atoms with Gasteiger partial charge in [0, 0.05) is 5.56 Å². The maximum Gasteiger partial charge on any atom is 0.165 e. The summed E-state index contributed by atoms with van der Waals surface area (Å²) in [4.78, 5) is 0. The lowest BCUT2D eigenvalue weighted by Crippen LogP contribution is -2.18. The first kappa shape index (κ1) is 13.5. The van der Waals surface area contributed by atoms with Gasteiger partial charge in [0.2, 0.25) is 0 Å². The number of para-hydroxylation sites is 1. The molecule has 1 aromatic heterocycles. The van der Waals surface area contributed by atoms with Gasteiger partial charge in [0.1, 0.15) is 5.75 Å². The molecule has 2 aromatic rings. The van der Waals surface area contributed by atoms with Crippen LogP contribution in [0.2, 0.25) is 0 Å². The zero-order chi connectivity index (χ0) is 13.5. The Morgan fingerprint density at radius 3 is 2.95 bits per heavy atom. The van der Waals surface area contributed by atoms with E-state index in [0.29, 0.717) is 13.1 Å². The number of nitrogens with one attached hydrogen (secondary N) is 1. The van der Waals surface area contributed by atoms with E-state index < -0.39 is 0 Å². The molecule has 0 amide bonds. The monoisotopic (exact) mass is 261 g/mol. The largest absolute Gasteiger partial charge is 0.496 e. The van der Waals surface area contributed by atoms with E-state index in [-0.39, 0.29) is 0 Å². The van der Waals surface area contributed by atoms with Gasteiger partial charge in [-0.15, -0.1) is 5.10 Å². The maximum absolute atomic E-state index is 5.33. The minimum atomic E-state index is 0.611. The van der Waals surface area contributed by atoms with E-state index in [4.69, 9.17) is 4.74 Å². The smallest absolute Gasteiger partial charge is 0.165 e. The predicted octanol–water partition coefficient (Wildman–Crippen LogP) is 1.23. The first-order chi connectivity index (χ1) is 9.35. The number of nitrogens with zero attached hydrogens (tertiary/aromatic N) is 4. The van der Waals surface area contributed by atoms with Crippen LogP contribution in [0.3, 0.4) is 0 Å². The summed E-state index contributed by atoms with van der Waals surface area (Å²) in [6.45, 7) is 4.38. The first-order valence-corrected chi connectivity index (χ1v) is 6.42. The maximum atomic E-state index is 5.33. The van der Waals surface area contributed by atoms with Gasteiger partial charge < -0.3 is 10.1 Å². The summed E-state index contributed by atoms with van der Waals surface area (Å²) in [6, 6.07) is 7.89. The van der Waals surface area contributed by atoms with Crippen LogP contribution < -0.4 is 10.1 Å². The van der Waals surface area contributed by atoms with Gasteiger partial charge >= 0.3 is 0 Å². The van der Waals surface area contributed by atoms with Crippen molar-refractivity contribution in [3.63, 3.8) is 0 Å². The van der Waals surface area contributed by atoms with Gasteiger partial charge in [0.25, 0.3) is 0 Å². The van der Waals surface area contributed by atoms with Crippen LogP contribution >= 0.6 is 0 Å². The molecule has 0 unspecified atom stereocenters. The molecule has 0 fully saturated rings. The van der Waals surface area contributed by atoms with Crippen LogP contribution in [-0.2, 0) is 13.1 Å². The van der Waals surface area contributed by atoms with Gasteiger partial charge in [-0.3, -0.25) is 0 Å². The molecule has 1 N–H and O–H groups in total. The van der Waals surface area contributed by atoms with Crippen molar-refractivity contribution in [2.45, 2.75) is 26.4 Å². The molecule has 1 heterocycles. The molecule has 0 aliphatic heterocycles. The third-order valence-corrected chi connectivity index (χ3v) is 2.83. The topological polar surface area (TPSA) is 64.9 Å². The molecular weight excluding hydrogens is 242 g/mol. The molecule has 0 aliphatic rings. The second-order valence-electron chi connectivity index (χ2n) is 4.24. The van der Waals surface area contributed by atoms with Crippen molar-refractivity contribution >= 4 is 0 Å². The van der Waals surface area contributed by atoms with E-state index in [1.54, 1.807) is 11.8 Å². The quantitative estimate of drug-likeness (QED) is 0.759. The molecule has 0 saturated heterocycles. The van der Waals surface area contributed by atoms with E-state index in [1.165, 1.54) is 0 Å². The van der Waals surface area contributed by atoms with Crippen LogP contribution in [0.4, 0.5) is 0 Å². The molecule has 1 aromatic carbocycles. The van der Waals surface area contributed by atoms with Crippen molar-refractivity contribution < 1.29 is 4.74 Å². The fraction of sp³-hybridized carbons (Fsp3) is 0.462. The van der Waals surface area contributed by atoms with Crippen molar-refractivity contribution in [1.29, 1.82) is 0 Å². The average Bonchev–Trinajstić information content (AvgIpc) is 2.87. The van der Waals surface area contributed by atoms with Crippen molar-refractivity contribution in [3.8, 4) is 5.75 Å². The summed E-state index contributed by atoms with van der Waals surface area (Å²) in [6.07, 6.45) is 1.09. The number of methoxy groups -OCH3 is 1. The van der Waals surface area contributed by atoms with Gasteiger partial charge in [-0.1, -0.05) is 25.1 Å². The highest BCUT2D eigenvalue weighted by molar-refractivity contribution is 5.33. The Labute approximate surface area is 112 Å². The molecule has 0 radical (unpaired) electrons. The highest BCUT2D eigenvalue weighted by Crippen LogP contribution is 2.18. The van der Waals surface area contributed by atoms with E-state index in [2.05, 4.69) is 27.8 Å². The Bertz CT molecular complexity index is 511. The fourth-order valence-electron chi connectivity index (χ4n) is 1.84. The van der Waals surface area contributed by atoms with Crippen LogP contribution in [-0.4, -0.2) is 33.9 Å². The summed E-state index contributed by atoms with van der Waals surface area (Å²) in [5, 5.41) is 15.1. The lowest BCUT2D eigenvalue weighted by atomic mass is 10.2. The van der Waals surface area contributed by atoms with Crippen LogP contribution in [0.25, 0.3) is 0 Å². The van der Waals surface area contributed by atoms with Crippen LogP contribution in [0, 0.1) is 0 Å². The Kier molecular flexibility index (Phi) is 4.85. The predicted molar refractivity (Wildman–Crippen MR) is 71.9 cm³/mol. The number of tetrazole rings is 1. The molecule has 0 saturated carbocycles. The molecule has 102 valence electrons. The van der Waals surface area contributed by atoms with E-state index in [1.807, 2.05) is 24.3 Å². The Hall–Kier alpha value is -1.95. The molecular formula is C13H19N5O. The summed E-state index contributed by atoms with van der Waals surface area (Å²) in [5.41, 5.74) is 1.06. The van der Waals surface area contributed by atoms with Crippen LogP contribution in [0.5, 0.6) is 5.75 Å². The van der Waals surface area contributed by atoms with Crippen LogP contribution in [0.15, 0.2) is 24.3 Å². The van der Waals surface area contributed by atoms with E-state index >= 15 is 0 Å². The van der Waals surface area contributed by atoms with E-state index in [0.717, 1.165) is 30.1 Å². The summed E-state index contributed by atoms with van der Waals surface area (Å²) < 4.78 is 7.13. The minimum absolute atomic E-state index is 0.611. The molecule has 0 aliphatic carbocycles. The number of benzene rings is 1. The van der Waals surface area contributed by atoms with Crippen molar-refractivity contribution in [2.75, 3.05) is 13.7 Å². The molecule has 0 bridgehead atoms. The molecule has 6 nitrogen and oxygen atoms in total. The zero-order valence-electron chi connectivity index (χ0n) is 11.3. The number of rotatable bonds is 7. The fourth-order valence-corrected chi connectivity index (χ4v) is 1.84. The summed E-state index contributed by atoms with van der Waals surface area (Å²) in [7, 11) is 1.67. The average molecular weight is 261 g/mol. The third-order valence-electron chi connectivity index (χ3n) is 2.83. The van der Waals surface area contributed by atoms with Crippen molar-refractivity contribution in [2.24, 2.45) is 0 Å². The lowest BCUT2D eigenvalue weighted by Gasteiger charge is -2.09. The molecule has 0 spiro atoms. The Balaban J connectivity index is 2.08. The highest BCUT2D eigenvalue weighted by Gasteiger charge is 2.08. The second kappa shape index (κ2) is 6.84. The number of ether oxygens (including phenoxy) is 1. The number of hydrogen-bond donors (Lipinski definition) is 1. The Morgan fingerprint density at radius 1 is 1.32 bits per heavy atom. The normalized spacial score (nSPS) is 10.6. The SMILES string of the molecule is CCCNCc1nnnn1Cc1ccccc1OC. The number of hydrogen-bond acceptors (Lipinski definition) is 5. The van der Waals surface area contributed by atoms with Gasteiger partial charge in [0.15, 0.2) is 5.82 Å². The molecule has 6 heteroatoms. The standard InChI is InChI=1S/C13H19N5O/c1-3-8-14-9-13-15-16-17-18(13)10-11-6-4-5-7-12(11)19-2/h4-7,14H,3,8-10H2,1-2H3. The second-order valence-corrected chi connectivity index (χ2v) is 4.24. The zero-order valence-corrected chi connectivity index (χ0v) is 11.3. The van der Waals surface area contributed by atoms with Gasteiger partial charge in [0.05, 0.1) is 20.2 Å². The molecule has 2 rings (SSSR count). The van der Waals surface area contributed by atoms with Gasteiger partial charge in [-0.25, -0.2) is 4.68 Å². The highest BCUT2D eigenvalue weighted by atomic mass is 16.5. The van der Waals surface area contributed by atoms with E-state index in [9.17, 15) is 0 Å². The minimum Gasteiger partial charge on any atom is -0.496 e. The first-order valence-electron chi connectivity index (χ1n) is 6.42. The molecule has 19 heavy (non-hydrogen) atoms. The third kappa shape index (κ3) is 3.51. The summed E-state index contributed by atoms with van der Waals surface area (Å²) in [5.74, 6) is 1.69.